The second-order valence-corrected chi connectivity index (χ2v) is 5.37. The number of nitro groups is 1. The maximum atomic E-state index is 10.3. The Morgan fingerprint density at radius 1 is 1.50 bits per heavy atom. The van der Waals surface area contributed by atoms with Crippen molar-refractivity contribution in [1.82, 2.24) is 0 Å². The van der Waals surface area contributed by atoms with Crippen molar-refractivity contribution in [3.8, 4) is 0 Å². The van der Waals surface area contributed by atoms with Gasteiger partial charge in [0.1, 0.15) is 0 Å². The van der Waals surface area contributed by atoms with Crippen LogP contribution in [0.3, 0.4) is 0 Å². The number of benzene rings is 1. The third-order valence-corrected chi connectivity index (χ3v) is 3.51. The molecule has 0 spiro atoms. The molecule has 0 unspecified atom stereocenters. The maximum absolute atomic E-state index is 10.3. The van der Waals surface area contributed by atoms with Gasteiger partial charge in [-0.3, -0.25) is 4.79 Å². The molecule has 0 fully saturated rings. The predicted molar refractivity (Wildman–Crippen MR) is 46.0 cm³/mol. The van der Waals surface area contributed by atoms with Crippen LogP contribution >= 0.6 is 0 Å². The van der Waals surface area contributed by atoms with E-state index in [-0.39, 0.29) is 10.6 Å². The first-order valence-electron chi connectivity index (χ1n) is 3.70. The molecule has 0 saturated heterocycles. The molecule has 0 radical (unpaired) electrons. The fourth-order valence-electron chi connectivity index (χ4n) is 0.689. The van der Waals surface area contributed by atoms with Crippen LogP contribution in [0.5, 0.6) is 0 Å². The van der Waals surface area contributed by atoms with Crippen LogP contribution in [0.2, 0.25) is 0 Å². The monoisotopic (exact) mass is 384 g/mol. The molecule has 0 heterocycles. The van der Waals surface area contributed by atoms with Gasteiger partial charge < -0.3 is 5.11 Å². The second-order valence-electron chi connectivity index (χ2n) is 2.40. The first-order valence-corrected chi connectivity index (χ1v) is 6.45. The summed E-state index contributed by atoms with van der Waals surface area (Å²) in [6, 6.07) is 6.87. The van der Waals surface area contributed by atoms with Crippen LogP contribution in [0.15, 0.2) is 24.3 Å². The zero-order chi connectivity index (χ0) is 11.1. The Morgan fingerprint density at radius 3 is 2.21 bits per heavy atom. The van der Waals surface area contributed by atoms with Gasteiger partial charge in [-0.1, -0.05) is 0 Å². The topological polar surface area (TPSA) is 80.4 Å². The quantitative estimate of drug-likeness (QED) is 0.444. The summed E-state index contributed by atoms with van der Waals surface area (Å²) in [6.07, 6.45) is 0. The van der Waals surface area contributed by atoms with E-state index < -0.39 is 5.97 Å². The van der Waals surface area contributed by atoms with Gasteiger partial charge in [-0.25, -0.2) is 0 Å². The number of carboxylic acid groups (broad SMARTS) is 1. The first-order chi connectivity index (χ1) is 6.45. The zero-order valence-electron chi connectivity index (χ0n) is 7.64. The van der Waals surface area contributed by atoms with E-state index in [0.717, 1.165) is 10.00 Å². The normalized spacial score (nSPS) is 8.50. The molecular weight excluding hydrogens is 375 g/mol. The number of carbonyl (C=O) groups is 1. The van der Waals surface area contributed by atoms with Crippen molar-refractivity contribution in [3.63, 3.8) is 0 Å². The summed E-state index contributed by atoms with van der Waals surface area (Å²) >= 11 is 0.336. The summed E-state index contributed by atoms with van der Waals surface area (Å²) in [5.41, 5.74) is 0.269. The van der Waals surface area contributed by atoms with Gasteiger partial charge >= 0.3 is 74.2 Å². The molecule has 71 valence electrons. The standard InChI is InChI=1S/C6H4NO2.C2H4O2.Hg/c8-7(9)6-4-2-1-3-5-6;1-2(3)4;/h1-4H;1H3,(H,3,4);. The van der Waals surface area contributed by atoms with Crippen LogP contribution in [0.25, 0.3) is 0 Å². The summed E-state index contributed by atoms with van der Waals surface area (Å²) < 4.78 is 0.896. The number of para-hydroxylation sites is 1. The van der Waals surface area contributed by atoms with Crippen molar-refractivity contribution < 1.29 is 40.9 Å². The van der Waals surface area contributed by atoms with E-state index >= 15 is 0 Å². The Hall–Kier alpha value is -0.975. The molecule has 0 aromatic heterocycles. The van der Waals surface area contributed by atoms with E-state index in [0.29, 0.717) is 26.1 Å². The number of hydrogen-bond acceptors (Lipinski definition) is 3. The minimum absolute atomic E-state index is 0.269. The Labute approximate surface area is 96.9 Å². The second kappa shape index (κ2) is 6.47. The van der Waals surface area contributed by atoms with Gasteiger partial charge in [-0.15, -0.1) is 0 Å². The van der Waals surface area contributed by atoms with Crippen molar-refractivity contribution in [3.05, 3.63) is 34.4 Å². The van der Waals surface area contributed by atoms with Gasteiger partial charge in [0.15, 0.2) is 0 Å². The average Bonchev–Trinajstić information content (AvgIpc) is 2.03. The van der Waals surface area contributed by atoms with Crippen LogP contribution in [0.4, 0.5) is 5.69 Å². The van der Waals surface area contributed by atoms with Gasteiger partial charge in [-0.2, -0.15) is 0 Å². The van der Waals surface area contributed by atoms with Gasteiger partial charge in [0.25, 0.3) is 5.97 Å². The van der Waals surface area contributed by atoms with Gasteiger partial charge in [-0.05, 0) is 0 Å². The van der Waals surface area contributed by atoms with Gasteiger partial charge in [0.05, 0.1) is 0 Å². The number of rotatable bonds is 1. The summed E-state index contributed by atoms with van der Waals surface area (Å²) in [6.45, 7) is 1.08. The number of nitrogens with zero attached hydrogens (tertiary/aromatic N) is 1. The Morgan fingerprint density at radius 2 is 1.93 bits per heavy atom. The van der Waals surface area contributed by atoms with Gasteiger partial charge in [0, 0.05) is 6.92 Å². The van der Waals surface area contributed by atoms with Gasteiger partial charge in [0.2, 0.25) is 0 Å². The molecule has 5 nitrogen and oxygen atoms in total. The summed E-state index contributed by atoms with van der Waals surface area (Å²) in [5, 5.41) is 17.7. The van der Waals surface area contributed by atoms with Crippen LogP contribution in [0, 0.1) is 10.1 Å². The predicted octanol–water partition coefficient (Wildman–Crippen LogP) is 0.858. The molecule has 0 saturated carbocycles. The SMILES string of the molecule is CC(=O)O.O=[N+]([O-])c1cccc[c]1[Hg]. The molecule has 0 aliphatic rings. The van der Waals surface area contributed by atoms with E-state index in [1.54, 1.807) is 18.2 Å². The fraction of sp³-hybridized carbons (Fsp3) is 0.125. The van der Waals surface area contributed by atoms with Crippen molar-refractivity contribution in [2.75, 3.05) is 0 Å². The summed E-state index contributed by atoms with van der Waals surface area (Å²) in [7, 11) is 0. The minimum atomic E-state index is -0.833. The number of aliphatic carboxylic acids is 1. The van der Waals surface area contributed by atoms with Crippen molar-refractivity contribution in [1.29, 1.82) is 0 Å². The number of hydrogen-bond donors (Lipinski definition) is 1. The molecule has 1 aromatic carbocycles. The third-order valence-electron chi connectivity index (χ3n) is 1.19. The molecule has 0 aliphatic carbocycles. The summed E-state index contributed by atoms with van der Waals surface area (Å²) in [5.74, 6) is -0.833. The molecule has 0 amide bonds. The third kappa shape index (κ3) is 5.63. The van der Waals surface area contributed by atoms with Crippen LogP contribution in [-0.4, -0.2) is 16.0 Å². The van der Waals surface area contributed by atoms with Crippen LogP contribution in [-0.2, 0) is 30.9 Å². The van der Waals surface area contributed by atoms with E-state index in [1.165, 1.54) is 0 Å². The van der Waals surface area contributed by atoms with Crippen molar-refractivity contribution in [2.45, 2.75) is 6.92 Å². The Balaban J connectivity index is 0.000000364. The van der Waals surface area contributed by atoms with Crippen molar-refractivity contribution in [2.24, 2.45) is 0 Å². The number of nitro benzene ring substituents is 1. The van der Waals surface area contributed by atoms with Crippen LogP contribution in [0.1, 0.15) is 6.92 Å². The molecule has 14 heavy (non-hydrogen) atoms. The molecule has 1 aromatic rings. The van der Waals surface area contributed by atoms with E-state index in [4.69, 9.17) is 9.90 Å². The van der Waals surface area contributed by atoms with E-state index in [2.05, 4.69) is 0 Å². The average molecular weight is 383 g/mol. The first kappa shape index (κ1) is 13.0. The van der Waals surface area contributed by atoms with E-state index in [1.807, 2.05) is 6.07 Å². The molecule has 1 rings (SSSR count). The number of carboxylic acids is 1. The van der Waals surface area contributed by atoms with Crippen molar-refractivity contribution >= 4 is 14.7 Å². The molecule has 0 atom stereocenters. The van der Waals surface area contributed by atoms with Crippen LogP contribution < -0.4 is 3.07 Å². The van der Waals surface area contributed by atoms with E-state index in [9.17, 15) is 10.1 Å². The fourth-order valence-corrected chi connectivity index (χ4v) is 2.18. The zero-order valence-corrected chi connectivity index (χ0v) is 13.1. The molecule has 6 heteroatoms. The molecule has 0 aliphatic heterocycles. The molecule has 0 bridgehead atoms. The summed E-state index contributed by atoms with van der Waals surface area (Å²) in [4.78, 5) is 18.9. The Kier molecular flexibility index (Phi) is 6.02. The Bertz CT molecular complexity index is 336. The molecule has 1 N–H and O–H groups in total. The molecular formula is C8H8HgNO4.